The van der Waals surface area contributed by atoms with Gasteiger partial charge in [-0.2, -0.15) is 5.10 Å². The summed E-state index contributed by atoms with van der Waals surface area (Å²) >= 11 is 1.62. The van der Waals surface area contributed by atoms with E-state index in [0.29, 0.717) is 12.8 Å². The van der Waals surface area contributed by atoms with Crippen LogP contribution in [0.4, 0.5) is 4.39 Å². The van der Waals surface area contributed by atoms with E-state index in [-0.39, 0.29) is 11.6 Å². The number of Topliss-reactive ketones (excluding diaryl/α,β-unsaturated/α-hetero) is 1. The number of fused-ring (bicyclic) bond motifs is 2. The Morgan fingerprint density at radius 2 is 2.00 bits per heavy atom. The molecule has 27 heavy (non-hydrogen) atoms. The van der Waals surface area contributed by atoms with Gasteiger partial charge in [0.15, 0.2) is 5.65 Å². The fourth-order valence-electron chi connectivity index (χ4n) is 3.47. The van der Waals surface area contributed by atoms with Gasteiger partial charge in [-0.15, -0.1) is 11.3 Å². The Balaban J connectivity index is 1.99. The largest absolute Gasteiger partial charge is 0.299 e. The zero-order chi connectivity index (χ0) is 19.3. The summed E-state index contributed by atoms with van der Waals surface area (Å²) in [5.74, 6) is -0.0580. The van der Waals surface area contributed by atoms with Gasteiger partial charge in [0.05, 0.1) is 16.3 Å². The van der Waals surface area contributed by atoms with Crippen molar-refractivity contribution < 1.29 is 9.18 Å². The predicted octanol–water partition coefficient (Wildman–Crippen LogP) is 5.20. The van der Waals surface area contributed by atoms with Gasteiger partial charge in [-0.25, -0.2) is 13.9 Å². The van der Waals surface area contributed by atoms with E-state index in [4.69, 9.17) is 4.98 Å². The molecule has 6 heteroatoms. The van der Waals surface area contributed by atoms with Crippen LogP contribution in [0.25, 0.3) is 26.3 Å². The molecule has 4 nitrogen and oxygen atoms in total. The van der Waals surface area contributed by atoms with E-state index < -0.39 is 0 Å². The van der Waals surface area contributed by atoms with Gasteiger partial charge in [-0.1, -0.05) is 6.92 Å². The molecular formula is C21H20FN3OS. The second-order valence-electron chi connectivity index (χ2n) is 6.86. The van der Waals surface area contributed by atoms with Crippen LogP contribution in [0.1, 0.15) is 35.9 Å². The van der Waals surface area contributed by atoms with E-state index in [2.05, 4.69) is 5.10 Å². The first-order valence-electron chi connectivity index (χ1n) is 8.95. The van der Waals surface area contributed by atoms with Crippen LogP contribution in [-0.4, -0.2) is 20.4 Å². The van der Waals surface area contributed by atoms with E-state index in [9.17, 15) is 9.18 Å². The molecule has 4 aromatic rings. The van der Waals surface area contributed by atoms with Gasteiger partial charge in [0.25, 0.3) is 0 Å². The van der Waals surface area contributed by atoms with Crippen molar-refractivity contribution in [2.45, 2.75) is 40.5 Å². The third-order valence-electron chi connectivity index (χ3n) is 4.85. The molecule has 0 unspecified atom stereocenters. The third kappa shape index (κ3) is 2.94. The molecule has 3 aromatic heterocycles. The molecule has 4 rings (SSSR count). The number of imidazole rings is 1. The Labute approximate surface area is 160 Å². The molecule has 0 aliphatic rings. The molecule has 0 bridgehead atoms. The lowest BCUT2D eigenvalue weighted by atomic mass is 10.1. The number of hydrogen-bond acceptors (Lipinski definition) is 4. The van der Waals surface area contributed by atoms with Crippen molar-refractivity contribution in [1.82, 2.24) is 14.6 Å². The Hall–Kier alpha value is -2.60. The highest BCUT2D eigenvalue weighted by Gasteiger charge is 2.21. The zero-order valence-electron chi connectivity index (χ0n) is 15.8. The molecule has 0 fully saturated rings. The van der Waals surface area contributed by atoms with E-state index >= 15 is 0 Å². The second kappa shape index (κ2) is 6.53. The highest BCUT2D eigenvalue weighted by Crippen LogP contribution is 2.40. The lowest BCUT2D eigenvalue weighted by molar-refractivity contribution is -0.118. The van der Waals surface area contributed by atoms with Gasteiger partial charge < -0.3 is 0 Å². The van der Waals surface area contributed by atoms with E-state index in [1.54, 1.807) is 17.4 Å². The Morgan fingerprint density at radius 3 is 2.74 bits per heavy atom. The standard InChI is InChI=1S/C21H20FN3OS/c1-5-16(26)9-14-8-11(2)24-25-19(13(4)23-21(14)25)20-12(3)17-10-15(22)6-7-18(17)27-20/h6-8,10H,5,9H2,1-4H3. The third-order valence-corrected chi connectivity index (χ3v) is 6.13. The molecule has 0 aliphatic heterocycles. The normalized spacial score (nSPS) is 11.6. The highest BCUT2D eigenvalue weighted by molar-refractivity contribution is 7.22. The van der Waals surface area contributed by atoms with Gasteiger partial charge >= 0.3 is 0 Å². The number of carbonyl (C=O) groups is 1. The highest BCUT2D eigenvalue weighted by atomic mass is 32.1. The number of halogens is 1. The minimum Gasteiger partial charge on any atom is -0.299 e. The first kappa shape index (κ1) is 17.8. The average Bonchev–Trinajstić information content (AvgIpc) is 3.11. The monoisotopic (exact) mass is 381 g/mol. The lowest BCUT2D eigenvalue weighted by Crippen LogP contribution is -2.06. The van der Waals surface area contributed by atoms with Crippen LogP contribution >= 0.6 is 11.3 Å². The van der Waals surface area contributed by atoms with Crippen LogP contribution in [-0.2, 0) is 11.2 Å². The molecule has 138 valence electrons. The number of benzene rings is 1. The summed E-state index contributed by atoms with van der Waals surface area (Å²) in [5.41, 5.74) is 5.25. The first-order chi connectivity index (χ1) is 12.9. The van der Waals surface area contributed by atoms with E-state index in [1.165, 1.54) is 6.07 Å². The molecular weight excluding hydrogens is 361 g/mol. The molecule has 1 aromatic carbocycles. The van der Waals surface area contributed by atoms with Crippen molar-refractivity contribution in [3.05, 3.63) is 52.6 Å². The average molecular weight is 381 g/mol. The van der Waals surface area contributed by atoms with Gasteiger partial charge in [0.2, 0.25) is 0 Å². The Morgan fingerprint density at radius 1 is 1.22 bits per heavy atom. The van der Waals surface area contributed by atoms with Crippen molar-refractivity contribution in [3.63, 3.8) is 0 Å². The van der Waals surface area contributed by atoms with Crippen molar-refractivity contribution in [1.29, 1.82) is 0 Å². The van der Waals surface area contributed by atoms with Crippen LogP contribution < -0.4 is 0 Å². The van der Waals surface area contributed by atoms with Crippen LogP contribution in [0.3, 0.4) is 0 Å². The minimum atomic E-state index is -0.237. The second-order valence-corrected chi connectivity index (χ2v) is 7.91. The number of aryl methyl sites for hydroxylation is 3. The van der Waals surface area contributed by atoms with Gasteiger partial charge in [0, 0.05) is 23.1 Å². The number of hydrogen-bond donors (Lipinski definition) is 0. The fraction of sp³-hybridized carbons (Fsp3) is 0.286. The molecule has 0 radical (unpaired) electrons. The molecule has 0 N–H and O–H groups in total. The smallest absolute Gasteiger partial charge is 0.158 e. The zero-order valence-corrected chi connectivity index (χ0v) is 16.6. The summed E-state index contributed by atoms with van der Waals surface area (Å²) in [6.45, 7) is 7.75. The first-order valence-corrected chi connectivity index (χ1v) is 9.77. The summed E-state index contributed by atoms with van der Waals surface area (Å²) in [4.78, 5) is 17.8. The van der Waals surface area contributed by atoms with E-state index in [1.807, 2.05) is 44.3 Å². The summed E-state index contributed by atoms with van der Waals surface area (Å²) in [6.07, 6.45) is 0.858. The SMILES string of the molecule is CCC(=O)Cc1cc(C)nn2c(-c3sc4ccc(F)cc4c3C)c(C)nc12. The number of carbonyl (C=O) groups excluding carboxylic acids is 1. The minimum absolute atomic E-state index is 0.179. The van der Waals surface area contributed by atoms with Crippen molar-refractivity contribution in [3.8, 4) is 10.6 Å². The Bertz CT molecular complexity index is 1210. The topological polar surface area (TPSA) is 47.3 Å². The molecule has 0 aliphatic carbocycles. The summed E-state index contributed by atoms with van der Waals surface area (Å²) < 4.78 is 16.6. The molecule has 3 heterocycles. The number of rotatable bonds is 4. The quantitative estimate of drug-likeness (QED) is 0.488. The summed E-state index contributed by atoms with van der Waals surface area (Å²) in [7, 11) is 0. The number of ketones is 1. The van der Waals surface area contributed by atoms with Crippen LogP contribution in [0.2, 0.25) is 0 Å². The fourth-order valence-corrected chi connectivity index (χ4v) is 4.75. The number of aromatic nitrogens is 3. The number of nitrogens with zero attached hydrogens (tertiary/aromatic N) is 3. The summed E-state index contributed by atoms with van der Waals surface area (Å²) in [5, 5.41) is 5.59. The molecule has 0 atom stereocenters. The van der Waals surface area contributed by atoms with Crippen molar-refractivity contribution in [2.24, 2.45) is 0 Å². The van der Waals surface area contributed by atoms with Crippen LogP contribution in [0.15, 0.2) is 24.3 Å². The maximum absolute atomic E-state index is 13.7. The number of thiophene rings is 1. The molecule has 0 saturated heterocycles. The molecule has 0 saturated carbocycles. The lowest BCUT2D eigenvalue weighted by Gasteiger charge is -2.06. The molecule has 0 amide bonds. The predicted molar refractivity (Wildman–Crippen MR) is 107 cm³/mol. The van der Waals surface area contributed by atoms with Gasteiger partial charge in [0.1, 0.15) is 17.3 Å². The molecule has 0 spiro atoms. The van der Waals surface area contributed by atoms with Gasteiger partial charge in [-0.05, 0) is 56.0 Å². The Kier molecular flexibility index (Phi) is 4.30. The van der Waals surface area contributed by atoms with Crippen LogP contribution in [0, 0.1) is 26.6 Å². The van der Waals surface area contributed by atoms with Crippen LogP contribution in [0.5, 0.6) is 0 Å². The summed E-state index contributed by atoms with van der Waals surface area (Å²) in [6, 6.07) is 6.81. The van der Waals surface area contributed by atoms with Crippen molar-refractivity contribution >= 4 is 32.9 Å². The maximum atomic E-state index is 13.7. The maximum Gasteiger partial charge on any atom is 0.158 e. The van der Waals surface area contributed by atoms with Crippen molar-refractivity contribution in [2.75, 3.05) is 0 Å². The van der Waals surface area contributed by atoms with Gasteiger partial charge in [-0.3, -0.25) is 4.79 Å². The van der Waals surface area contributed by atoms with E-state index in [0.717, 1.165) is 48.8 Å².